The van der Waals surface area contributed by atoms with Gasteiger partial charge in [-0.1, -0.05) is 38.5 Å². The number of H-pyrrole nitrogens is 1. The number of anilines is 1. The van der Waals surface area contributed by atoms with Crippen LogP contribution >= 0.6 is 0 Å². The average molecular weight is 310 g/mol. The van der Waals surface area contributed by atoms with Gasteiger partial charge >= 0.3 is 0 Å². The highest BCUT2D eigenvalue weighted by Crippen LogP contribution is 2.36. The summed E-state index contributed by atoms with van der Waals surface area (Å²) in [5.41, 5.74) is 10.5. The van der Waals surface area contributed by atoms with Gasteiger partial charge in [-0.3, -0.25) is 5.73 Å². The number of nitriles is 1. The number of aromatic nitrogens is 1. The summed E-state index contributed by atoms with van der Waals surface area (Å²) in [6, 6.07) is 9.97. The SMILES string of the molecule is CC[C@@H](C)Cc1[nH+]c(N)c(C#N)c(-c2ccccc2OC)c1C. The van der Waals surface area contributed by atoms with Gasteiger partial charge in [-0.05, 0) is 18.9 Å². The number of benzene rings is 1. The van der Waals surface area contributed by atoms with E-state index in [9.17, 15) is 5.26 Å². The zero-order valence-corrected chi connectivity index (χ0v) is 14.2. The number of methoxy groups -OCH3 is 1. The number of nitrogens with zero attached hydrogens (tertiary/aromatic N) is 1. The first-order chi connectivity index (χ1) is 11.0. The molecule has 0 saturated carbocycles. The van der Waals surface area contributed by atoms with Crippen molar-refractivity contribution in [1.82, 2.24) is 0 Å². The van der Waals surface area contributed by atoms with Gasteiger partial charge in [0.2, 0.25) is 0 Å². The minimum Gasteiger partial charge on any atom is -0.496 e. The molecule has 1 aromatic heterocycles. The molecule has 0 fully saturated rings. The molecule has 1 aromatic carbocycles. The molecule has 1 heterocycles. The minimum atomic E-state index is 0.414. The second-order valence-electron chi connectivity index (χ2n) is 5.92. The van der Waals surface area contributed by atoms with Crippen LogP contribution in [0.5, 0.6) is 5.75 Å². The fraction of sp³-hybridized carbons (Fsp3) is 0.368. The Morgan fingerprint density at radius 1 is 1.35 bits per heavy atom. The lowest BCUT2D eigenvalue weighted by Crippen LogP contribution is -2.23. The number of nitrogen functional groups attached to an aromatic ring is 1. The first-order valence-corrected chi connectivity index (χ1v) is 7.91. The van der Waals surface area contributed by atoms with Crippen molar-refractivity contribution in [2.24, 2.45) is 5.92 Å². The van der Waals surface area contributed by atoms with E-state index in [0.717, 1.165) is 41.0 Å². The lowest BCUT2D eigenvalue weighted by Gasteiger charge is -2.16. The van der Waals surface area contributed by atoms with E-state index in [4.69, 9.17) is 10.5 Å². The largest absolute Gasteiger partial charge is 0.496 e. The van der Waals surface area contributed by atoms with Crippen molar-refractivity contribution in [2.75, 3.05) is 12.8 Å². The highest BCUT2D eigenvalue weighted by molar-refractivity contribution is 5.81. The number of pyridine rings is 1. The van der Waals surface area contributed by atoms with Crippen LogP contribution in [0.25, 0.3) is 11.1 Å². The number of para-hydroxylation sites is 1. The van der Waals surface area contributed by atoms with E-state index in [1.165, 1.54) is 0 Å². The number of rotatable bonds is 5. The van der Waals surface area contributed by atoms with Crippen LogP contribution in [-0.4, -0.2) is 7.11 Å². The summed E-state index contributed by atoms with van der Waals surface area (Å²) < 4.78 is 5.48. The van der Waals surface area contributed by atoms with Crippen molar-refractivity contribution in [1.29, 1.82) is 5.26 Å². The second-order valence-corrected chi connectivity index (χ2v) is 5.92. The van der Waals surface area contributed by atoms with Crippen molar-refractivity contribution >= 4 is 5.82 Å². The van der Waals surface area contributed by atoms with Crippen LogP contribution in [0.15, 0.2) is 24.3 Å². The summed E-state index contributed by atoms with van der Waals surface area (Å²) in [5.74, 6) is 1.70. The molecular formula is C19H24N3O+. The lowest BCUT2D eigenvalue weighted by molar-refractivity contribution is -0.374. The number of ether oxygens (including phenoxy) is 1. The van der Waals surface area contributed by atoms with Gasteiger partial charge in [0.05, 0.1) is 7.11 Å². The Morgan fingerprint density at radius 2 is 2.04 bits per heavy atom. The molecule has 2 aromatic rings. The quantitative estimate of drug-likeness (QED) is 0.918. The number of aromatic amines is 1. The van der Waals surface area contributed by atoms with Crippen LogP contribution in [0.1, 0.15) is 37.1 Å². The Labute approximate surface area is 137 Å². The Hall–Kier alpha value is -2.54. The van der Waals surface area contributed by atoms with E-state index in [-0.39, 0.29) is 0 Å². The Bertz CT molecular complexity index is 747. The van der Waals surface area contributed by atoms with Crippen LogP contribution in [0.3, 0.4) is 0 Å². The van der Waals surface area contributed by atoms with Crippen LogP contribution in [-0.2, 0) is 6.42 Å². The summed E-state index contributed by atoms with van der Waals surface area (Å²) in [5, 5.41) is 9.58. The standard InChI is InChI=1S/C19H23N3O/c1-5-12(2)10-16-13(3)18(15(11-20)19(21)22-16)14-8-6-7-9-17(14)23-4/h6-9,12H,5,10H2,1-4H3,(H2,21,22)/p+1/t12-/m1/s1. The number of hydrogen-bond donors (Lipinski definition) is 1. The molecule has 1 atom stereocenters. The monoisotopic (exact) mass is 310 g/mol. The Kier molecular flexibility index (Phi) is 5.23. The molecule has 2 rings (SSSR count). The normalized spacial score (nSPS) is 11.8. The molecule has 4 heteroatoms. The summed E-state index contributed by atoms with van der Waals surface area (Å²) in [6.45, 7) is 6.43. The van der Waals surface area contributed by atoms with Crippen molar-refractivity contribution in [3.05, 3.63) is 41.1 Å². The molecule has 0 amide bonds. The Balaban J connectivity index is 2.73. The van der Waals surface area contributed by atoms with Crippen LogP contribution in [0.2, 0.25) is 0 Å². The maximum absolute atomic E-state index is 9.58. The van der Waals surface area contributed by atoms with Crippen LogP contribution in [0, 0.1) is 24.2 Å². The second kappa shape index (κ2) is 7.15. The van der Waals surface area contributed by atoms with E-state index in [2.05, 4.69) is 24.9 Å². The van der Waals surface area contributed by atoms with Gasteiger partial charge in [0.1, 0.15) is 23.1 Å². The molecule has 23 heavy (non-hydrogen) atoms. The fourth-order valence-corrected chi connectivity index (χ4v) is 2.79. The maximum Gasteiger partial charge on any atom is 0.289 e. The van der Waals surface area contributed by atoms with Crippen LogP contribution in [0.4, 0.5) is 5.82 Å². The zero-order valence-electron chi connectivity index (χ0n) is 14.2. The predicted octanol–water partition coefficient (Wildman–Crippen LogP) is 3.53. The van der Waals surface area contributed by atoms with Crippen LogP contribution < -0.4 is 15.5 Å². The Morgan fingerprint density at radius 3 is 2.65 bits per heavy atom. The summed E-state index contributed by atoms with van der Waals surface area (Å²) >= 11 is 0. The topological polar surface area (TPSA) is 73.2 Å². The van der Waals surface area contributed by atoms with Gasteiger partial charge in [-0.2, -0.15) is 5.26 Å². The third-order valence-electron chi connectivity index (χ3n) is 4.37. The van der Waals surface area contributed by atoms with E-state index >= 15 is 0 Å². The molecule has 0 radical (unpaired) electrons. The average Bonchev–Trinajstić information content (AvgIpc) is 2.57. The molecule has 4 nitrogen and oxygen atoms in total. The highest BCUT2D eigenvalue weighted by atomic mass is 16.5. The van der Waals surface area contributed by atoms with Crippen molar-refractivity contribution in [2.45, 2.75) is 33.6 Å². The summed E-state index contributed by atoms with van der Waals surface area (Å²) in [4.78, 5) is 3.22. The van der Waals surface area contributed by atoms with Gasteiger partial charge in [0.15, 0.2) is 0 Å². The molecule has 0 spiro atoms. The predicted molar refractivity (Wildman–Crippen MR) is 92.0 cm³/mol. The first-order valence-electron chi connectivity index (χ1n) is 7.91. The highest BCUT2D eigenvalue weighted by Gasteiger charge is 2.23. The fourth-order valence-electron chi connectivity index (χ4n) is 2.79. The third kappa shape index (κ3) is 3.29. The summed E-state index contributed by atoms with van der Waals surface area (Å²) in [6.07, 6.45) is 2.00. The minimum absolute atomic E-state index is 0.414. The van der Waals surface area contributed by atoms with Gasteiger partial charge in [0, 0.05) is 23.1 Å². The smallest absolute Gasteiger partial charge is 0.289 e. The van der Waals surface area contributed by atoms with Crippen molar-refractivity contribution in [3.8, 4) is 22.9 Å². The van der Waals surface area contributed by atoms with Gasteiger partial charge in [-0.15, -0.1) is 0 Å². The van der Waals surface area contributed by atoms with E-state index in [1.54, 1.807) is 7.11 Å². The third-order valence-corrected chi connectivity index (χ3v) is 4.37. The maximum atomic E-state index is 9.58. The lowest BCUT2D eigenvalue weighted by atomic mass is 9.91. The van der Waals surface area contributed by atoms with E-state index in [1.807, 2.05) is 31.2 Å². The molecule has 0 bridgehead atoms. The number of nitrogens with one attached hydrogen (secondary N) is 1. The molecule has 0 aliphatic heterocycles. The molecule has 0 aliphatic rings. The van der Waals surface area contributed by atoms with E-state index in [0.29, 0.717) is 17.3 Å². The molecule has 0 unspecified atom stereocenters. The van der Waals surface area contributed by atoms with Gasteiger partial charge < -0.3 is 4.74 Å². The first kappa shape index (κ1) is 16.8. The summed E-state index contributed by atoms with van der Waals surface area (Å²) in [7, 11) is 1.64. The van der Waals surface area contributed by atoms with Crippen molar-refractivity contribution in [3.63, 3.8) is 0 Å². The molecule has 3 N–H and O–H groups in total. The number of hydrogen-bond acceptors (Lipinski definition) is 3. The molecule has 0 aliphatic carbocycles. The van der Waals surface area contributed by atoms with Crippen molar-refractivity contribution < 1.29 is 9.72 Å². The zero-order chi connectivity index (χ0) is 17.0. The van der Waals surface area contributed by atoms with Gasteiger partial charge in [-0.25, -0.2) is 4.98 Å². The van der Waals surface area contributed by atoms with Gasteiger partial charge in [0.25, 0.3) is 5.82 Å². The van der Waals surface area contributed by atoms with E-state index < -0.39 is 0 Å². The molecule has 120 valence electrons. The number of nitrogens with two attached hydrogens (primary N) is 1. The molecule has 0 saturated heterocycles. The molecular weight excluding hydrogens is 286 g/mol.